The molecule has 0 saturated heterocycles. The van der Waals surface area contributed by atoms with Crippen molar-refractivity contribution in [1.82, 2.24) is 4.72 Å². The van der Waals surface area contributed by atoms with Gasteiger partial charge < -0.3 is 11.1 Å². The molecule has 12 heteroatoms. The third-order valence-electron chi connectivity index (χ3n) is 6.36. The van der Waals surface area contributed by atoms with Crippen molar-refractivity contribution in [1.29, 1.82) is 5.41 Å². The summed E-state index contributed by atoms with van der Waals surface area (Å²) in [5.74, 6) is -0.670. The van der Waals surface area contributed by atoms with Crippen molar-refractivity contribution in [2.45, 2.75) is 55.0 Å². The molecule has 3 rings (SSSR count). The number of halogens is 3. The maximum Gasteiger partial charge on any atom is 0.417 e. The van der Waals surface area contributed by atoms with Crippen LogP contribution < -0.4 is 10.5 Å². The number of alkyl halides is 3. The van der Waals surface area contributed by atoms with E-state index in [2.05, 4.69) is 4.99 Å². The van der Waals surface area contributed by atoms with Crippen LogP contribution in [0.2, 0.25) is 0 Å². The third-order valence-corrected chi connectivity index (χ3v) is 8.29. The van der Waals surface area contributed by atoms with Gasteiger partial charge in [0, 0.05) is 0 Å². The number of hydrogen-bond acceptors (Lipinski definition) is 5. The van der Waals surface area contributed by atoms with E-state index in [1.807, 2.05) is 4.72 Å². The molecule has 0 unspecified atom stereocenters. The molecule has 2 aliphatic carbocycles. The Morgan fingerprint density at radius 2 is 1.97 bits per heavy atom. The van der Waals surface area contributed by atoms with Gasteiger partial charge in [-0.15, -0.1) is 0 Å². The largest absolute Gasteiger partial charge is 0.417 e. The quantitative estimate of drug-likeness (QED) is 0.415. The number of nitrogens with two attached hydrogens (primary N) is 1. The van der Waals surface area contributed by atoms with Crippen molar-refractivity contribution in [2.24, 2.45) is 22.6 Å². The summed E-state index contributed by atoms with van der Waals surface area (Å²) in [7, 11) is -3.33. The zero-order valence-electron chi connectivity index (χ0n) is 17.4. The molecule has 0 radical (unpaired) electrons. The zero-order valence-corrected chi connectivity index (χ0v) is 19.0. The number of carbonyl (C=O) groups is 1. The first-order valence-electron chi connectivity index (χ1n) is 10.2. The topological polar surface area (TPSA) is 125 Å². The number of amidine groups is 1. The van der Waals surface area contributed by atoms with Crippen LogP contribution in [0, 0.1) is 17.2 Å². The van der Waals surface area contributed by atoms with Crippen LogP contribution in [0.25, 0.3) is 0 Å². The lowest BCUT2D eigenvalue weighted by Crippen LogP contribution is -2.28. The van der Waals surface area contributed by atoms with Crippen molar-refractivity contribution in [3.05, 3.63) is 29.3 Å². The molecule has 2 saturated carbocycles. The summed E-state index contributed by atoms with van der Waals surface area (Å²) in [5, 5.41) is 6.93. The van der Waals surface area contributed by atoms with Crippen LogP contribution in [0.5, 0.6) is 0 Å². The van der Waals surface area contributed by atoms with Crippen LogP contribution in [0.1, 0.15) is 49.7 Å². The van der Waals surface area contributed by atoms with Crippen LogP contribution in [-0.4, -0.2) is 32.1 Å². The predicted molar refractivity (Wildman–Crippen MR) is 117 cm³/mol. The Morgan fingerprint density at radius 3 is 2.53 bits per heavy atom. The molecule has 2 atom stereocenters. The smallest absolute Gasteiger partial charge is 0.378 e. The number of sulfonamides is 1. The fourth-order valence-electron chi connectivity index (χ4n) is 4.75. The van der Waals surface area contributed by atoms with Gasteiger partial charge in [-0.05, 0) is 54.8 Å². The van der Waals surface area contributed by atoms with Crippen molar-refractivity contribution in [3.8, 4) is 0 Å². The highest BCUT2D eigenvalue weighted by molar-refractivity contribution is 8.24. The van der Waals surface area contributed by atoms with Gasteiger partial charge in [0.1, 0.15) is 0 Å². The van der Waals surface area contributed by atoms with E-state index in [-0.39, 0.29) is 22.6 Å². The molecule has 4 N–H and O–H groups in total. The van der Waals surface area contributed by atoms with Gasteiger partial charge in [-0.2, -0.15) is 18.2 Å². The van der Waals surface area contributed by atoms with E-state index in [9.17, 15) is 26.4 Å². The lowest BCUT2D eigenvalue weighted by molar-refractivity contribution is -0.140. The Kier molecular flexibility index (Phi) is 7.06. The number of nitrogens with one attached hydrogen (secondary N) is 2. The number of amides is 1. The molecule has 7 nitrogen and oxygen atoms in total. The van der Waals surface area contributed by atoms with Gasteiger partial charge in [-0.1, -0.05) is 38.2 Å². The summed E-state index contributed by atoms with van der Waals surface area (Å²) in [6.07, 6.45) is 0.228. The predicted octanol–water partition coefficient (Wildman–Crippen LogP) is 3.63. The summed E-state index contributed by atoms with van der Waals surface area (Å²) in [6, 6.07) is 2.94. The van der Waals surface area contributed by atoms with Gasteiger partial charge in [-0.25, -0.2) is 13.1 Å². The highest BCUT2D eigenvalue weighted by Gasteiger charge is 2.63. The lowest BCUT2D eigenvalue weighted by Gasteiger charge is -2.25. The molecule has 2 fully saturated rings. The van der Waals surface area contributed by atoms with Crippen LogP contribution >= 0.6 is 11.8 Å². The van der Waals surface area contributed by atoms with E-state index < -0.39 is 38.0 Å². The normalized spacial score (nSPS) is 24.9. The monoisotopic (exact) mass is 490 g/mol. The fourth-order valence-corrected chi connectivity index (χ4v) is 5.94. The molecule has 0 bridgehead atoms. The van der Waals surface area contributed by atoms with E-state index >= 15 is 0 Å². The minimum atomic E-state index is -4.94. The van der Waals surface area contributed by atoms with Crippen LogP contribution in [0.15, 0.2) is 28.1 Å². The van der Waals surface area contributed by atoms with Gasteiger partial charge in [0.2, 0.25) is 10.0 Å². The van der Waals surface area contributed by atoms with Crippen molar-refractivity contribution < 1.29 is 26.4 Å². The maximum absolute atomic E-state index is 13.8. The zero-order chi connectivity index (χ0) is 23.7. The second-order valence-electron chi connectivity index (χ2n) is 8.09. The number of nitrogens with zero attached hydrogens (tertiary/aromatic N) is 1. The molecule has 0 spiro atoms. The van der Waals surface area contributed by atoms with E-state index in [0.717, 1.165) is 68.6 Å². The molecule has 176 valence electrons. The van der Waals surface area contributed by atoms with Crippen LogP contribution in [0.3, 0.4) is 0 Å². The molecular weight excluding hydrogens is 465 g/mol. The number of hydrogen-bond donors (Lipinski definition) is 3. The molecule has 1 aromatic rings. The highest BCUT2D eigenvalue weighted by Crippen LogP contribution is 2.61. The second kappa shape index (κ2) is 9.14. The van der Waals surface area contributed by atoms with Gasteiger partial charge >= 0.3 is 6.18 Å². The van der Waals surface area contributed by atoms with E-state index in [4.69, 9.17) is 11.1 Å². The number of rotatable bonds is 6. The number of aliphatic imine (C=N–C) groups is 1. The average Bonchev–Trinajstić information content (AvgIpc) is 3.50. The van der Waals surface area contributed by atoms with E-state index in [0.29, 0.717) is 6.42 Å². The Labute approximate surface area is 189 Å². The van der Waals surface area contributed by atoms with Gasteiger partial charge in [0.25, 0.3) is 5.91 Å². The SMILES string of the molecule is CNS(=O)(=O)c1ccc([C@@]2(C(=O)N=C(N)SC=N)C[C@H]2C2CCCCC2)cc1C(F)(F)F. The van der Waals surface area contributed by atoms with Crippen molar-refractivity contribution >= 4 is 38.4 Å². The van der Waals surface area contributed by atoms with Gasteiger partial charge in [-0.3, -0.25) is 4.79 Å². The molecule has 1 aromatic carbocycles. The fraction of sp³-hybridized carbons (Fsp3) is 0.550. The number of benzene rings is 1. The van der Waals surface area contributed by atoms with Gasteiger partial charge in [0.05, 0.1) is 21.4 Å². The molecule has 0 heterocycles. The van der Waals surface area contributed by atoms with Gasteiger partial charge in [0.15, 0.2) is 5.17 Å². The maximum atomic E-state index is 13.8. The average molecular weight is 491 g/mol. The Bertz CT molecular complexity index is 1040. The minimum Gasteiger partial charge on any atom is -0.378 e. The number of carbonyl (C=O) groups excluding carboxylic acids is 1. The first-order valence-corrected chi connectivity index (χ1v) is 12.5. The van der Waals surface area contributed by atoms with Crippen LogP contribution in [0.4, 0.5) is 13.2 Å². The summed E-state index contributed by atoms with van der Waals surface area (Å²) in [6.45, 7) is 0. The first kappa shape index (κ1) is 24.7. The van der Waals surface area contributed by atoms with Crippen molar-refractivity contribution in [2.75, 3.05) is 7.05 Å². The Hall–Kier alpha value is -1.92. The summed E-state index contributed by atoms with van der Waals surface area (Å²) in [4.78, 5) is 16.2. The standard InChI is InChI=1S/C20H25F3N4O3S2/c1-26-32(29,30)16-8-7-13(9-14(16)20(21,22)23)19(17(28)27-18(25)31-11-24)10-15(19)12-5-3-2-4-6-12/h7-9,11-12,15,24,26H,2-6,10H2,1H3,(H2,25,27,28)/t15-,19-/m0/s1. The Balaban J connectivity index is 2.12. The number of thioether (sulfide) groups is 1. The first-order chi connectivity index (χ1) is 15.0. The summed E-state index contributed by atoms with van der Waals surface area (Å²) >= 11 is 0.733. The molecule has 2 aliphatic rings. The molecule has 32 heavy (non-hydrogen) atoms. The molecular formula is C20H25F3N4O3S2. The summed E-state index contributed by atoms with van der Waals surface area (Å²) < 4.78 is 67.7. The molecule has 0 aromatic heterocycles. The minimum absolute atomic E-state index is 0.0943. The third kappa shape index (κ3) is 4.72. The van der Waals surface area contributed by atoms with Crippen molar-refractivity contribution in [3.63, 3.8) is 0 Å². The van der Waals surface area contributed by atoms with Crippen LogP contribution in [-0.2, 0) is 26.4 Å². The highest BCUT2D eigenvalue weighted by atomic mass is 32.2. The molecule has 0 aliphatic heterocycles. The summed E-state index contributed by atoms with van der Waals surface area (Å²) in [5.41, 5.74) is 4.08. The van der Waals surface area contributed by atoms with E-state index in [1.165, 1.54) is 6.07 Å². The Morgan fingerprint density at radius 1 is 1.31 bits per heavy atom. The van der Waals surface area contributed by atoms with E-state index in [1.54, 1.807) is 0 Å². The molecule has 1 amide bonds. The second-order valence-corrected chi connectivity index (χ2v) is 10.8. The lowest BCUT2D eigenvalue weighted by atomic mass is 9.80.